The van der Waals surface area contributed by atoms with Gasteiger partial charge in [0, 0.05) is 18.4 Å². The molecule has 0 N–H and O–H groups in total. The molecule has 0 aliphatic rings. The monoisotopic (exact) mass is 413 g/mol. The summed E-state index contributed by atoms with van der Waals surface area (Å²) in [6, 6.07) is 11.0. The van der Waals surface area contributed by atoms with Gasteiger partial charge in [0.15, 0.2) is 5.82 Å². The molecule has 3 aromatic rings. The Morgan fingerprint density at radius 1 is 1.13 bits per heavy atom. The minimum atomic E-state index is -4.75. The van der Waals surface area contributed by atoms with Crippen LogP contribution in [0.15, 0.2) is 36.4 Å². The number of alkyl halides is 3. The maximum atomic E-state index is 13.5. The van der Waals surface area contributed by atoms with Gasteiger partial charge in [0.05, 0.1) is 11.3 Å². The van der Waals surface area contributed by atoms with Crippen LogP contribution >= 0.6 is 0 Å². The lowest BCUT2D eigenvalue weighted by atomic mass is 10.1. The number of hydrogen-bond acceptors (Lipinski definition) is 4. The molecular weight excluding hydrogens is 395 g/mol. The highest BCUT2D eigenvalue weighted by Crippen LogP contribution is 2.34. The van der Waals surface area contributed by atoms with Gasteiger partial charge in [-0.25, -0.2) is 9.67 Å². The van der Waals surface area contributed by atoms with E-state index in [9.17, 15) is 23.2 Å². The number of nitrogens with zero attached hydrogens (tertiary/aromatic N) is 5. The van der Waals surface area contributed by atoms with Crippen LogP contribution in [0.5, 0.6) is 0 Å². The summed E-state index contributed by atoms with van der Waals surface area (Å²) in [4.78, 5) is 18.6. The Balaban J connectivity index is 2.19. The largest absolute Gasteiger partial charge is 0.417 e. The summed E-state index contributed by atoms with van der Waals surface area (Å²) in [5.74, 6) is -0.833. The maximum Gasteiger partial charge on any atom is 0.417 e. The van der Waals surface area contributed by atoms with Gasteiger partial charge in [-0.1, -0.05) is 12.1 Å². The molecule has 0 aliphatic carbocycles. The molecule has 2 aromatic heterocycles. The lowest BCUT2D eigenvalue weighted by Crippen LogP contribution is -2.29. The Morgan fingerprint density at radius 3 is 2.43 bits per heavy atom. The van der Waals surface area contributed by atoms with Gasteiger partial charge >= 0.3 is 6.18 Å². The minimum absolute atomic E-state index is 0.000712. The molecule has 0 saturated carbocycles. The summed E-state index contributed by atoms with van der Waals surface area (Å²) in [7, 11) is 1.56. The predicted octanol–water partition coefficient (Wildman–Crippen LogP) is 4.36. The third-order valence-corrected chi connectivity index (χ3v) is 4.49. The normalized spacial score (nSPS) is 11.3. The second-order valence-corrected chi connectivity index (χ2v) is 6.91. The number of aromatic nitrogens is 3. The van der Waals surface area contributed by atoms with Gasteiger partial charge < -0.3 is 4.90 Å². The van der Waals surface area contributed by atoms with Crippen molar-refractivity contribution in [2.24, 2.45) is 0 Å². The summed E-state index contributed by atoms with van der Waals surface area (Å²) in [6.45, 7) is 4.87. The topological polar surface area (TPSA) is 74.8 Å². The molecule has 30 heavy (non-hydrogen) atoms. The van der Waals surface area contributed by atoms with E-state index in [0.717, 1.165) is 16.3 Å². The molecule has 0 aliphatic heterocycles. The molecule has 1 aromatic carbocycles. The zero-order valence-electron chi connectivity index (χ0n) is 16.7. The number of carbonyl (C=O) groups excluding carboxylic acids is 1. The molecule has 0 bridgehead atoms. The van der Waals surface area contributed by atoms with Crippen molar-refractivity contribution in [2.45, 2.75) is 26.9 Å². The molecule has 0 fully saturated rings. The number of rotatable bonds is 3. The molecule has 0 saturated heterocycles. The van der Waals surface area contributed by atoms with E-state index in [1.54, 1.807) is 38.2 Å². The Bertz CT molecular complexity index is 1170. The summed E-state index contributed by atoms with van der Waals surface area (Å²) in [5.41, 5.74) is 0.193. The Morgan fingerprint density at radius 2 is 1.83 bits per heavy atom. The molecule has 3 rings (SSSR count). The standard InChI is InChI=1S/C21H18F3N5O/c1-12-6-5-7-15(8-12)28(4)20(30)18-10-14(3)27-29(18)19-16(11-25)17(21(22,23)24)9-13(2)26-19/h5-10H,1-4H3. The number of hydrogen-bond donors (Lipinski definition) is 0. The van der Waals surface area contributed by atoms with E-state index in [1.165, 1.54) is 17.9 Å². The number of aryl methyl sites for hydroxylation is 3. The molecule has 6 nitrogen and oxygen atoms in total. The van der Waals surface area contributed by atoms with Gasteiger partial charge in [-0.3, -0.25) is 4.79 Å². The van der Waals surface area contributed by atoms with Crippen LogP contribution < -0.4 is 4.90 Å². The highest BCUT2D eigenvalue weighted by Gasteiger charge is 2.36. The predicted molar refractivity (Wildman–Crippen MR) is 104 cm³/mol. The number of nitriles is 1. The van der Waals surface area contributed by atoms with Crippen LogP contribution in [0.4, 0.5) is 18.9 Å². The fraction of sp³-hybridized carbons (Fsp3) is 0.238. The van der Waals surface area contributed by atoms with Gasteiger partial charge in [-0.05, 0) is 50.6 Å². The first-order valence-corrected chi connectivity index (χ1v) is 8.93. The zero-order valence-corrected chi connectivity index (χ0v) is 16.7. The van der Waals surface area contributed by atoms with E-state index in [2.05, 4.69) is 10.1 Å². The van der Waals surface area contributed by atoms with Gasteiger partial charge in [0.25, 0.3) is 5.91 Å². The molecule has 9 heteroatoms. The number of carbonyl (C=O) groups is 1. The molecule has 1 amide bonds. The highest BCUT2D eigenvalue weighted by molar-refractivity contribution is 6.05. The van der Waals surface area contributed by atoms with Crippen molar-refractivity contribution in [1.82, 2.24) is 14.8 Å². The quantitative estimate of drug-likeness (QED) is 0.639. The van der Waals surface area contributed by atoms with E-state index in [-0.39, 0.29) is 17.2 Å². The van der Waals surface area contributed by atoms with Crippen LogP contribution in [-0.4, -0.2) is 27.7 Å². The lowest BCUT2D eigenvalue weighted by Gasteiger charge is -2.19. The lowest BCUT2D eigenvalue weighted by molar-refractivity contribution is -0.137. The third kappa shape index (κ3) is 3.89. The van der Waals surface area contributed by atoms with Crippen molar-refractivity contribution in [2.75, 3.05) is 11.9 Å². The van der Waals surface area contributed by atoms with E-state index in [0.29, 0.717) is 11.4 Å². The SMILES string of the molecule is Cc1cccc(N(C)C(=O)c2cc(C)nn2-c2nc(C)cc(C(F)(F)F)c2C#N)c1. The molecule has 0 atom stereocenters. The second kappa shape index (κ2) is 7.63. The summed E-state index contributed by atoms with van der Waals surface area (Å²) in [6.07, 6.45) is -4.75. The number of benzene rings is 1. The fourth-order valence-corrected chi connectivity index (χ4v) is 3.08. The van der Waals surface area contributed by atoms with Crippen molar-refractivity contribution in [3.8, 4) is 11.9 Å². The average Bonchev–Trinajstić information content (AvgIpc) is 3.07. The van der Waals surface area contributed by atoms with Gasteiger partial charge in [0.1, 0.15) is 17.3 Å². The number of pyridine rings is 1. The Hall–Kier alpha value is -3.67. The third-order valence-electron chi connectivity index (χ3n) is 4.49. The fourth-order valence-electron chi connectivity index (χ4n) is 3.08. The smallest absolute Gasteiger partial charge is 0.310 e. The van der Waals surface area contributed by atoms with Crippen molar-refractivity contribution in [3.05, 3.63) is 70.2 Å². The van der Waals surface area contributed by atoms with Gasteiger partial charge in [-0.15, -0.1) is 0 Å². The van der Waals surface area contributed by atoms with Crippen LogP contribution in [0, 0.1) is 32.1 Å². The van der Waals surface area contributed by atoms with E-state index < -0.39 is 23.2 Å². The number of amides is 1. The second-order valence-electron chi connectivity index (χ2n) is 6.91. The van der Waals surface area contributed by atoms with Crippen LogP contribution in [-0.2, 0) is 6.18 Å². The first-order valence-electron chi connectivity index (χ1n) is 8.93. The average molecular weight is 413 g/mol. The van der Waals surface area contributed by atoms with Crippen molar-refractivity contribution < 1.29 is 18.0 Å². The molecule has 0 radical (unpaired) electrons. The van der Waals surface area contributed by atoms with Crippen molar-refractivity contribution in [3.63, 3.8) is 0 Å². The van der Waals surface area contributed by atoms with E-state index >= 15 is 0 Å². The number of halogens is 3. The van der Waals surface area contributed by atoms with Crippen LogP contribution in [0.2, 0.25) is 0 Å². The van der Waals surface area contributed by atoms with Crippen LogP contribution in [0.25, 0.3) is 5.82 Å². The number of anilines is 1. The van der Waals surface area contributed by atoms with Gasteiger partial charge in [-0.2, -0.15) is 23.5 Å². The zero-order chi connectivity index (χ0) is 22.2. The molecular formula is C21H18F3N5O. The summed E-state index contributed by atoms with van der Waals surface area (Å²) < 4.78 is 41.4. The first kappa shape index (κ1) is 21.0. The minimum Gasteiger partial charge on any atom is -0.310 e. The Labute approximate surface area is 171 Å². The van der Waals surface area contributed by atoms with Crippen LogP contribution in [0.1, 0.15) is 38.6 Å². The van der Waals surface area contributed by atoms with Crippen LogP contribution in [0.3, 0.4) is 0 Å². The Kier molecular flexibility index (Phi) is 5.35. The highest BCUT2D eigenvalue weighted by atomic mass is 19.4. The summed E-state index contributed by atoms with van der Waals surface area (Å²) in [5, 5.41) is 13.6. The van der Waals surface area contributed by atoms with E-state index in [4.69, 9.17) is 0 Å². The molecule has 0 spiro atoms. The maximum absolute atomic E-state index is 13.5. The molecule has 0 unspecified atom stereocenters. The van der Waals surface area contributed by atoms with Crippen molar-refractivity contribution in [1.29, 1.82) is 5.26 Å². The molecule has 154 valence electrons. The van der Waals surface area contributed by atoms with Gasteiger partial charge in [0.2, 0.25) is 0 Å². The first-order chi connectivity index (χ1) is 14.0. The van der Waals surface area contributed by atoms with E-state index in [1.807, 2.05) is 13.0 Å². The molecule has 2 heterocycles. The van der Waals surface area contributed by atoms with Crippen molar-refractivity contribution >= 4 is 11.6 Å². The summed E-state index contributed by atoms with van der Waals surface area (Å²) >= 11 is 0.